The number of hydrogen-bond donors (Lipinski definition) is 0. The molecule has 0 aliphatic carbocycles. The van der Waals surface area contributed by atoms with Crippen LogP contribution >= 0.6 is 0 Å². The smallest absolute Gasteiger partial charge is 0.131 e. The summed E-state index contributed by atoms with van der Waals surface area (Å²) in [6, 6.07) is 10.9. The molecule has 0 aliphatic rings. The molecular weight excluding hydrogens is 327 g/mol. The van der Waals surface area contributed by atoms with Crippen molar-refractivity contribution in [1.82, 2.24) is 0 Å². The minimum absolute atomic E-state index is 0.259. The number of benzene rings is 2. The van der Waals surface area contributed by atoms with Gasteiger partial charge in [-0.2, -0.15) is 0 Å². The highest BCUT2D eigenvalue weighted by atomic mass is 19.1. The number of methoxy groups -OCH3 is 1. The molecule has 0 unspecified atom stereocenters. The third kappa shape index (κ3) is 6.30. The second-order valence-electron chi connectivity index (χ2n) is 5.99. The topological polar surface area (TPSA) is 18.5 Å². The van der Waals surface area contributed by atoms with Gasteiger partial charge < -0.3 is 9.47 Å². The first-order valence-electron chi connectivity index (χ1n) is 9.22. The first-order valence-corrected chi connectivity index (χ1v) is 9.22. The fourth-order valence-electron chi connectivity index (χ4n) is 2.48. The lowest BCUT2D eigenvalue weighted by atomic mass is 9.96. The van der Waals surface area contributed by atoms with Gasteiger partial charge in [0.1, 0.15) is 11.6 Å². The Morgan fingerprint density at radius 3 is 2.38 bits per heavy atom. The Balaban J connectivity index is 0.00000163. The van der Waals surface area contributed by atoms with Crippen molar-refractivity contribution in [3.05, 3.63) is 65.0 Å². The van der Waals surface area contributed by atoms with E-state index in [0.717, 1.165) is 17.5 Å². The predicted octanol–water partition coefficient (Wildman–Crippen LogP) is 6.57. The van der Waals surface area contributed by atoms with Crippen molar-refractivity contribution >= 4 is 0 Å². The molecule has 0 bridgehead atoms. The Labute approximate surface area is 157 Å². The van der Waals surface area contributed by atoms with E-state index in [1.165, 1.54) is 17.2 Å². The summed E-state index contributed by atoms with van der Waals surface area (Å²) in [6.45, 7) is 11.2. The molecule has 0 radical (unpaired) electrons. The van der Waals surface area contributed by atoms with Crippen LogP contribution in [0.25, 0.3) is 11.1 Å². The maximum Gasteiger partial charge on any atom is 0.131 e. The highest BCUT2D eigenvalue weighted by molar-refractivity contribution is 5.69. The quantitative estimate of drug-likeness (QED) is 0.411. The highest BCUT2D eigenvalue weighted by Crippen LogP contribution is 2.31. The lowest BCUT2D eigenvalue weighted by molar-refractivity contribution is 0.148. The fraction of sp³-hybridized carbons (Fsp3) is 0.391. The van der Waals surface area contributed by atoms with Gasteiger partial charge in [0.15, 0.2) is 0 Å². The van der Waals surface area contributed by atoms with E-state index in [1.807, 2.05) is 45.9 Å². The van der Waals surface area contributed by atoms with E-state index in [-0.39, 0.29) is 5.82 Å². The Morgan fingerprint density at radius 1 is 1.04 bits per heavy atom. The standard InChI is InChI=1S/C21H25FO2.C2H6/c1-5-16-6-8-19(17(12-16)14-24-11-10-15(2)3)20-13-18(23-4)7-9-21(20)22;1-2/h6-10,12-13H,5,11,14H2,1-4H3;1-2H3. The number of halogens is 1. The van der Waals surface area contributed by atoms with Crippen LogP contribution in [-0.2, 0) is 17.8 Å². The highest BCUT2D eigenvalue weighted by Gasteiger charge is 2.12. The van der Waals surface area contributed by atoms with Crippen LogP contribution in [0, 0.1) is 5.82 Å². The molecule has 0 saturated heterocycles. The number of hydrogen-bond acceptors (Lipinski definition) is 2. The zero-order valence-electron chi connectivity index (χ0n) is 16.9. The first-order chi connectivity index (χ1) is 12.5. The van der Waals surface area contributed by atoms with Crippen LogP contribution in [0.3, 0.4) is 0 Å². The molecule has 2 rings (SSSR count). The van der Waals surface area contributed by atoms with Gasteiger partial charge in [0.25, 0.3) is 0 Å². The fourth-order valence-corrected chi connectivity index (χ4v) is 2.48. The molecule has 2 nitrogen and oxygen atoms in total. The van der Waals surface area contributed by atoms with Gasteiger partial charge in [-0.1, -0.05) is 50.6 Å². The number of allylic oxidation sites excluding steroid dienone is 1. The lowest BCUT2D eigenvalue weighted by Gasteiger charge is -2.13. The minimum atomic E-state index is -0.259. The van der Waals surface area contributed by atoms with Gasteiger partial charge in [0.2, 0.25) is 0 Å². The normalized spacial score (nSPS) is 9.96. The van der Waals surface area contributed by atoms with E-state index in [1.54, 1.807) is 19.2 Å². The van der Waals surface area contributed by atoms with Gasteiger partial charge in [0, 0.05) is 5.56 Å². The Bertz CT molecular complexity index is 716. The Kier molecular flexibility index (Phi) is 9.67. The van der Waals surface area contributed by atoms with Crippen LogP contribution in [0.1, 0.15) is 45.7 Å². The molecule has 0 amide bonds. The van der Waals surface area contributed by atoms with Gasteiger partial charge in [0.05, 0.1) is 20.3 Å². The summed E-state index contributed by atoms with van der Waals surface area (Å²) in [5.41, 5.74) is 4.81. The summed E-state index contributed by atoms with van der Waals surface area (Å²) in [5, 5.41) is 0. The van der Waals surface area contributed by atoms with E-state index in [0.29, 0.717) is 24.5 Å². The molecule has 0 spiro atoms. The molecule has 0 heterocycles. The predicted molar refractivity (Wildman–Crippen MR) is 108 cm³/mol. The molecule has 2 aromatic rings. The van der Waals surface area contributed by atoms with Crippen molar-refractivity contribution < 1.29 is 13.9 Å². The number of rotatable bonds is 7. The van der Waals surface area contributed by atoms with Gasteiger partial charge in [-0.15, -0.1) is 0 Å². The summed E-state index contributed by atoms with van der Waals surface area (Å²) in [6.07, 6.45) is 2.97. The van der Waals surface area contributed by atoms with Crippen LogP contribution in [0.15, 0.2) is 48.0 Å². The van der Waals surface area contributed by atoms with Gasteiger partial charge in [-0.05, 0) is 55.2 Å². The summed E-state index contributed by atoms with van der Waals surface area (Å²) >= 11 is 0. The molecule has 0 saturated carbocycles. The third-order valence-corrected chi connectivity index (χ3v) is 3.91. The number of aryl methyl sites for hydroxylation is 1. The van der Waals surface area contributed by atoms with Crippen LogP contribution in [0.2, 0.25) is 0 Å². The molecule has 0 atom stereocenters. The van der Waals surface area contributed by atoms with Crippen molar-refractivity contribution in [3.63, 3.8) is 0 Å². The molecule has 26 heavy (non-hydrogen) atoms. The van der Waals surface area contributed by atoms with Crippen LogP contribution < -0.4 is 4.74 Å². The SMILES string of the molecule is CC.CCc1ccc(-c2cc(OC)ccc2F)c(COCC=C(C)C)c1. The monoisotopic (exact) mass is 358 g/mol. The van der Waals surface area contributed by atoms with Gasteiger partial charge >= 0.3 is 0 Å². The molecule has 0 N–H and O–H groups in total. The largest absolute Gasteiger partial charge is 0.497 e. The van der Waals surface area contributed by atoms with E-state index in [2.05, 4.69) is 13.0 Å². The second kappa shape index (κ2) is 11.5. The lowest BCUT2D eigenvalue weighted by Crippen LogP contribution is -1.99. The van der Waals surface area contributed by atoms with Crippen molar-refractivity contribution in [1.29, 1.82) is 0 Å². The maximum atomic E-state index is 14.3. The minimum Gasteiger partial charge on any atom is -0.497 e. The average molecular weight is 358 g/mol. The van der Waals surface area contributed by atoms with E-state index < -0.39 is 0 Å². The molecule has 0 fully saturated rings. The van der Waals surface area contributed by atoms with Crippen molar-refractivity contribution in [2.75, 3.05) is 13.7 Å². The summed E-state index contributed by atoms with van der Waals surface area (Å²) < 4.78 is 25.3. The maximum absolute atomic E-state index is 14.3. The summed E-state index contributed by atoms with van der Waals surface area (Å²) in [5.74, 6) is 0.382. The molecule has 0 aliphatic heterocycles. The van der Waals surface area contributed by atoms with Crippen molar-refractivity contribution in [2.24, 2.45) is 0 Å². The van der Waals surface area contributed by atoms with E-state index in [9.17, 15) is 4.39 Å². The van der Waals surface area contributed by atoms with E-state index in [4.69, 9.17) is 9.47 Å². The average Bonchev–Trinajstić information content (AvgIpc) is 2.67. The second-order valence-corrected chi connectivity index (χ2v) is 5.99. The van der Waals surface area contributed by atoms with Crippen LogP contribution in [0.4, 0.5) is 4.39 Å². The molecule has 0 aromatic heterocycles. The summed E-state index contributed by atoms with van der Waals surface area (Å²) in [7, 11) is 1.58. The van der Waals surface area contributed by atoms with Crippen LogP contribution in [-0.4, -0.2) is 13.7 Å². The van der Waals surface area contributed by atoms with E-state index >= 15 is 0 Å². The third-order valence-electron chi connectivity index (χ3n) is 3.91. The zero-order valence-corrected chi connectivity index (χ0v) is 16.9. The molecule has 142 valence electrons. The summed E-state index contributed by atoms with van der Waals surface area (Å²) in [4.78, 5) is 0. The zero-order chi connectivity index (χ0) is 19.5. The Hall–Kier alpha value is -2.13. The van der Waals surface area contributed by atoms with Crippen molar-refractivity contribution in [3.8, 4) is 16.9 Å². The molecular formula is C23H31FO2. The molecule has 2 aromatic carbocycles. The molecule has 3 heteroatoms. The number of ether oxygens (including phenoxy) is 2. The van der Waals surface area contributed by atoms with Crippen molar-refractivity contribution in [2.45, 2.75) is 47.6 Å². The Morgan fingerprint density at radius 2 is 1.77 bits per heavy atom. The van der Waals surface area contributed by atoms with Crippen LogP contribution in [0.5, 0.6) is 5.75 Å². The van der Waals surface area contributed by atoms with Gasteiger partial charge in [-0.3, -0.25) is 0 Å². The van der Waals surface area contributed by atoms with Gasteiger partial charge in [-0.25, -0.2) is 4.39 Å². The first kappa shape index (κ1) is 21.9.